The van der Waals surface area contributed by atoms with E-state index in [1.165, 1.54) is 4.90 Å². The number of piperidine rings is 1. The molecular formula is C13H24N2O3. The second-order valence-electron chi connectivity index (χ2n) is 5.43. The van der Waals surface area contributed by atoms with E-state index in [1.54, 1.807) is 0 Å². The summed E-state index contributed by atoms with van der Waals surface area (Å²) in [6.45, 7) is 7.53. The number of nitrogens with zero attached hydrogens (tertiary/aromatic N) is 2. The summed E-state index contributed by atoms with van der Waals surface area (Å²) in [6, 6.07) is 0.134. The van der Waals surface area contributed by atoms with Crippen LogP contribution in [-0.2, 0) is 4.79 Å². The lowest BCUT2D eigenvalue weighted by molar-refractivity contribution is -0.138. The van der Waals surface area contributed by atoms with Gasteiger partial charge in [-0.2, -0.15) is 0 Å². The van der Waals surface area contributed by atoms with Crippen LogP contribution in [0.1, 0.15) is 47.0 Å². The molecule has 1 saturated heterocycles. The Morgan fingerprint density at radius 3 is 2.17 bits per heavy atom. The van der Waals surface area contributed by atoms with Gasteiger partial charge in [0.2, 0.25) is 0 Å². The number of aliphatic carboxylic acids is 1. The minimum Gasteiger partial charge on any atom is -0.480 e. The molecule has 1 aliphatic rings. The van der Waals surface area contributed by atoms with E-state index in [4.69, 9.17) is 5.11 Å². The first-order chi connectivity index (χ1) is 8.34. The normalized spacial score (nSPS) is 24.2. The van der Waals surface area contributed by atoms with Gasteiger partial charge < -0.3 is 14.9 Å². The average Bonchev–Trinajstić information content (AvgIpc) is 2.24. The standard InChI is InChI=1S/C13H24N2O3/c1-9(2)14(8-12(16)17)13(18)15-10(3)6-5-7-11(15)4/h9-11H,5-8H2,1-4H3,(H,16,17)/t10-,11+. The molecule has 0 aromatic carbocycles. The van der Waals surface area contributed by atoms with E-state index < -0.39 is 5.97 Å². The van der Waals surface area contributed by atoms with Gasteiger partial charge in [-0.1, -0.05) is 0 Å². The Labute approximate surface area is 109 Å². The van der Waals surface area contributed by atoms with Gasteiger partial charge in [0, 0.05) is 18.1 Å². The second kappa shape index (κ2) is 6.07. The highest BCUT2D eigenvalue weighted by atomic mass is 16.4. The summed E-state index contributed by atoms with van der Waals surface area (Å²) in [6.07, 6.45) is 3.12. The number of carboxylic acids is 1. The Bertz CT molecular complexity index is 307. The first-order valence-corrected chi connectivity index (χ1v) is 6.65. The van der Waals surface area contributed by atoms with E-state index in [-0.39, 0.29) is 30.7 Å². The SMILES string of the molecule is CC(C)N(CC(=O)O)C(=O)N1[C@H](C)CCC[C@@H]1C. The lowest BCUT2D eigenvalue weighted by Crippen LogP contribution is -2.55. The fourth-order valence-corrected chi connectivity index (χ4v) is 2.56. The number of amides is 2. The van der Waals surface area contributed by atoms with E-state index in [1.807, 2.05) is 32.6 Å². The van der Waals surface area contributed by atoms with E-state index in [0.717, 1.165) is 19.3 Å². The average molecular weight is 256 g/mol. The summed E-state index contributed by atoms with van der Waals surface area (Å²) < 4.78 is 0. The summed E-state index contributed by atoms with van der Waals surface area (Å²) in [5, 5.41) is 8.90. The molecule has 1 heterocycles. The van der Waals surface area contributed by atoms with Crippen molar-refractivity contribution in [1.29, 1.82) is 0 Å². The van der Waals surface area contributed by atoms with Gasteiger partial charge in [0.15, 0.2) is 0 Å². The molecule has 2 amide bonds. The summed E-state index contributed by atoms with van der Waals surface area (Å²) in [4.78, 5) is 26.6. The molecule has 1 fully saturated rings. The highest BCUT2D eigenvalue weighted by Gasteiger charge is 2.33. The van der Waals surface area contributed by atoms with Crippen LogP contribution in [0.25, 0.3) is 0 Å². The zero-order chi connectivity index (χ0) is 13.9. The molecule has 2 atom stereocenters. The minimum atomic E-state index is -0.964. The van der Waals surface area contributed by atoms with Gasteiger partial charge in [0.1, 0.15) is 6.54 Å². The summed E-state index contributed by atoms with van der Waals surface area (Å²) >= 11 is 0. The van der Waals surface area contributed by atoms with Crippen molar-refractivity contribution in [3.63, 3.8) is 0 Å². The van der Waals surface area contributed by atoms with Crippen LogP contribution in [-0.4, -0.2) is 51.6 Å². The maximum atomic E-state index is 12.5. The smallest absolute Gasteiger partial charge is 0.323 e. The van der Waals surface area contributed by atoms with Gasteiger partial charge in [-0.15, -0.1) is 0 Å². The van der Waals surface area contributed by atoms with E-state index in [2.05, 4.69) is 0 Å². The Morgan fingerprint density at radius 2 is 1.78 bits per heavy atom. The number of likely N-dealkylation sites (tertiary alicyclic amines) is 1. The van der Waals surface area contributed by atoms with Gasteiger partial charge in [-0.25, -0.2) is 4.79 Å². The van der Waals surface area contributed by atoms with Gasteiger partial charge in [-0.3, -0.25) is 4.79 Å². The van der Waals surface area contributed by atoms with Crippen molar-refractivity contribution in [3.8, 4) is 0 Å². The predicted octanol–water partition coefficient (Wildman–Crippen LogP) is 2.16. The molecule has 0 bridgehead atoms. The zero-order valence-electron chi connectivity index (χ0n) is 11.7. The summed E-state index contributed by atoms with van der Waals surface area (Å²) in [5.41, 5.74) is 0. The fraction of sp³-hybridized carbons (Fsp3) is 0.846. The van der Waals surface area contributed by atoms with Crippen LogP contribution in [0, 0.1) is 0 Å². The molecule has 0 aliphatic carbocycles. The third-order valence-corrected chi connectivity index (χ3v) is 3.59. The monoisotopic (exact) mass is 256 g/mol. The van der Waals surface area contributed by atoms with Crippen LogP contribution in [0.15, 0.2) is 0 Å². The molecular weight excluding hydrogens is 232 g/mol. The molecule has 5 heteroatoms. The van der Waals surface area contributed by atoms with Gasteiger partial charge >= 0.3 is 12.0 Å². The van der Waals surface area contributed by atoms with Crippen LogP contribution in [0.5, 0.6) is 0 Å². The molecule has 0 radical (unpaired) electrons. The maximum absolute atomic E-state index is 12.5. The number of carboxylic acid groups (broad SMARTS) is 1. The lowest BCUT2D eigenvalue weighted by atomic mass is 9.98. The van der Waals surface area contributed by atoms with Crippen molar-refractivity contribution in [2.75, 3.05) is 6.54 Å². The first kappa shape index (κ1) is 14.8. The Morgan fingerprint density at radius 1 is 1.28 bits per heavy atom. The topological polar surface area (TPSA) is 60.9 Å². The molecule has 5 nitrogen and oxygen atoms in total. The van der Waals surface area contributed by atoms with E-state index in [9.17, 15) is 9.59 Å². The molecule has 104 valence electrons. The highest BCUT2D eigenvalue weighted by Crippen LogP contribution is 2.24. The molecule has 0 saturated carbocycles. The van der Waals surface area contributed by atoms with Crippen LogP contribution in [0.2, 0.25) is 0 Å². The van der Waals surface area contributed by atoms with E-state index >= 15 is 0 Å². The molecule has 1 N–H and O–H groups in total. The summed E-state index contributed by atoms with van der Waals surface area (Å²) in [5.74, 6) is -0.964. The van der Waals surface area contributed by atoms with Gasteiger partial charge in [-0.05, 0) is 47.0 Å². The van der Waals surface area contributed by atoms with Crippen LogP contribution in [0.3, 0.4) is 0 Å². The van der Waals surface area contributed by atoms with Crippen LogP contribution >= 0.6 is 0 Å². The fourth-order valence-electron chi connectivity index (χ4n) is 2.56. The second-order valence-corrected chi connectivity index (χ2v) is 5.43. The number of hydrogen-bond donors (Lipinski definition) is 1. The van der Waals surface area contributed by atoms with Crippen LogP contribution in [0.4, 0.5) is 4.79 Å². The number of rotatable bonds is 3. The molecule has 0 spiro atoms. The van der Waals surface area contributed by atoms with E-state index in [0.29, 0.717) is 0 Å². The van der Waals surface area contributed by atoms with Crippen molar-refractivity contribution in [1.82, 2.24) is 9.80 Å². The predicted molar refractivity (Wildman–Crippen MR) is 69.5 cm³/mol. The quantitative estimate of drug-likeness (QED) is 0.841. The third-order valence-electron chi connectivity index (χ3n) is 3.59. The zero-order valence-corrected chi connectivity index (χ0v) is 11.7. The summed E-state index contributed by atoms with van der Waals surface area (Å²) in [7, 11) is 0. The largest absolute Gasteiger partial charge is 0.480 e. The van der Waals surface area contributed by atoms with Crippen molar-refractivity contribution >= 4 is 12.0 Å². The molecule has 0 aromatic rings. The van der Waals surface area contributed by atoms with Gasteiger partial charge in [0.25, 0.3) is 0 Å². The highest BCUT2D eigenvalue weighted by molar-refractivity contribution is 5.81. The lowest BCUT2D eigenvalue weighted by Gasteiger charge is -2.42. The number of carbonyl (C=O) groups is 2. The molecule has 18 heavy (non-hydrogen) atoms. The van der Waals surface area contributed by atoms with Crippen molar-refractivity contribution < 1.29 is 14.7 Å². The first-order valence-electron chi connectivity index (χ1n) is 6.65. The van der Waals surface area contributed by atoms with Crippen molar-refractivity contribution in [2.45, 2.75) is 65.1 Å². The van der Waals surface area contributed by atoms with Crippen molar-refractivity contribution in [2.24, 2.45) is 0 Å². The van der Waals surface area contributed by atoms with Crippen LogP contribution < -0.4 is 0 Å². The molecule has 0 unspecified atom stereocenters. The Kier molecular flexibility index (Phi) is 4.99. The Balaban J connectivity index is 2.83. The minimum absolute atomic E-state index is 0.102. The number of hydrogen-bond acceptors (Lipinski definition) is 2. The molecule has 1 rings (SSSR count). The van der Waals surface area contributed by atoms with Crippen molar-refractivity contribution in [3.05, 3.63) is 0 Å². The maximum Gasteiger partial charge on any atom is 0.323 e. The molecule has 1 aliphatic heterocycles. The number of urea groups is 1. The number of carbonyl (C=O) groups excluding carboxylic acids is 1. The van der Waals surface area contributed by atoms with Gasteiger partial charge in [0.05, 0.1) is 0 Å². The third kappa shape index (κ3) is 3.37. The Hall–Kier alpha value is -1.26. The molecule has 0 aromatic heterocycles.